The first-order valence-electron chi connectivity index (χ1n) is 7.11. The van der Waals surface area contributed by atoms with Gasteiger partial charge in [0.15, 0.2) is 0 Å². The molecule has 1 aliphatic heterocycles. The van der Waals surface area contributed by atoms with E-state index in [0.717, 1.165) is 6.42 Å². The minimum absolute atomic E-state index is 0.00485. The number of rotatable bonds is 4. The topological polar surface area (TPSA) is 58.6 Å². The van der Waals surface area contributed by atoms with Gasteiger partial charge in [-0.15, -0.1) is 0 Å². The summed E-state index contributed by atoms with van der Waals surface area (Å²) in [5, 5.41) is 2.86. The molecule has 1 aliphatic rings. The smallest absolute Gasteiger partial charge is 0.329 e. The van der Waals surface area contributed by atoms with Crippen LogP contribution in [0.1, 0.15) is 40.0 Å². The number of esters is 1. The van der Waals surface area contributed by atoms with Crippen LogP contribution in [0.15, 0.2) is 0 Å². The highest BCUT2D eigenvalue weighted by Gasteiger charge is 2.36. The molecular formula is C14H24N2O3S2. The van der Waals surface area contributed by atoms with Crippen LogP contribution in [0.25, 0.3) is 0 Å². The van der Waals surface area contributed by atoms with Gasteiger partial charge in [-0.25, -0.2) is 4.79 Å². The zero-order valence-corrected chi connectivity index (χ0v) is 14.7. The van der Waals surface area contributed by atoms with E-state index in [-0.39, 0.29) is 11.9 Å². The van der Waals surface area contributed by atoms with E-state index in [1.165, 1.54) is 11.8 Å². The molecule has 5 nitrogen and oxygen atoms in total. The Hall–Kier alpha value is -0.820. The van der Waals surface area contributed by atoms with Crippen molar-refractivity contribution in [3.05, 3.63) is 0 Å². The summed E-state index contributed by atoms with van der Waals surface area (Å²) in [5.41, 5.74) is -0.525. The van der Waals surface area contributed by atoms with Gasteiger partial charge in [0, 0.05) is 25.8 Å². The first kappa shape index (κ1) is 18.2. The predicted octanol–water partition coefficient (Wildman–Crippen LogP) is 1.95. The number of nitrogens with one attached hydrogen (secondary N) is 1. The van der Waals surface area contributed by atoms with E-state index in [4.69, 9.17) is 17.0 Å². The number of amides is 1. The van der Waals surface area contributed by atoms with Crippen LogP contribution in [0, 0.1) is 0 Å². The van der Waals surface area contributed by atoms with E-state index < -0.39 is 11.6 Å². The molecule has 1 rings (SSSR count). The fraction of sp³-hybridized carbons (Fsp3) is 0.786. The average molecular weight is 332 g/mol. The third-order valence-corrected chi connectivity index (χ3v) is 4.44. The number of hydrogen-bond donors (Lipinski definition) is 1. The van der Waals surface area contributed by atoms with Gasteiger partial charge in [0.25, 0.3) is 0 Å². The molecule has 0 aromatic rings. The number of hydrogen-bond acceptors (Lipinski definition) is 5. The molecule has 0 aromatic heterocycles. The number of carbonyl (C=O) groups is 2. The van der Waals surface area contributed by atoms with Gasteiger partial charge in [0.05, 0.1) is 0 Å². The second-order valence-corrected chi connectivity index (χ2v) is 7.69. The molecule has 1 saturated heterocycles. The van der Waals surface area contributed by atoms with Gasteiger partial charge in [-0.1, -0.05) is 24.0 Å². The van der Waals surface area contributed by atoms with E-state index >= 15 is 0 Å². The molecule has 0 aliphatic carbocycles. The van der Waals surface area contributed by atoms with Gasteiger partial charge >= 0.3 is 5.97 Å². The molecule has 1 amide bonds. The Balaban J connectivity index is 2.50. The molecule has 1 fully saturated rings. The molecule has 0 aromatic carbocycles. The summed E-state index contributed by atoms with van der Waals surface area (Å²) in [7, 11) is 1.76. The first-order valence-corrected chi connectivity index (χ1v) is 8.51. The van der Waals surface area contributed by atoms with Crippen molar-refractivity contribution in [2.24, 2.45) is 0 Å². The van der Waals surface area contributed by atoms with Gasteiger partial charge in [0.2, 0.25) is 5.91 Å². The second-order valence-electron chi connectivity index (χ2n) is 5.91. The van der Waals surface area contributed by atoms with Crippen LogP contribution in [0.2, 0.25) is 0 Å². The standard InChI is InChI=1S/C14H24N2O3S2/c1-14(2,3)19-12(18)10-6-5-8-16(10)11(17)7-9-21-13(20)15-4/h10H,5-9H2,1-4H3,(H,15,20)/t10-/m0/s1. The molecule has 0 bridgehead atoms. The van der Waals surface area contributed by atoms with Crippen LogP contribution in [-0.2, 0) is 14.3 Å². The lowest BCUT2D eigenvalue weighted by molar-refractivity contribution is -0.163. The Morgan fingerprint density at radius 2 is 2.10 bits per heavy atom. The summed E-state index contributed by atoms with van der Waals surface area (Å²) >= 11 is 6.46. The maximum Gasteiger partial charge on any atom is 0.329 e. The van der Waals surface area contributed by atoms with Gasteiger partial charge in [-0.3, -0.25) is 4.79 Å². The van der Waals surface area contributed by atoms with E-state index in [1.54, 1.807) is 11.9 Å². The fourth-order valence-corrected chi connectivity index (χ4v) is 2.98. The fourth-order valence-electron chi connectivity index (χ4n) is 2.13. The third kappa shape index (κ3) is 6.22. The molecule has 1 N–H and O–H groups in total. The molecule has 7 heteroatoms. The number of likely N-dealkylation sites (tertiary alicyclic amines) is 1. The van der Waals surface area contributed by atoms with Gasteiger partial charge < -0.3 is 15.0 Å². The van der Waals surface area contributed by atoms with Crippen molar-refractivity contribution in [2.45, 2.75) is 51.7 Å². The second kappa shape index (κ2) is 7.98. The van der Waals surface area contributed by atoms with Gasteiger partial charge in [-0.2, -0.15) is 0 Å². The Morgan fingerprint density at radius 1 is 1.43 bits per heavy atom. The maximum absolute atomic E-state index is 12.2. The van der Waals surface area contributed by atoms with Crippen LogP contribution in [0.4, 0.5) is 0 Å². The molecule has 21 heavy (non-hydrogen) atoms. The molecular weight excluding hydrogens is 308 g/mol. The van der Waals surface area contributed by atoms with E-state index in [0.29, 0.717) is 29.5 Å². The van der Waals surface area contributed by atoms with E-state index in [2.05, 4.69) is 5.32 Å². The van der Waals surface area contributed by atoms with Crippen molar-refractivity contribution < 1.29 is 14.3 Å². The Morgan fingerprint density at radius 3 is 2.67 bits per heavy atom. The quantitative estimate of drug-likeness (QED) is 0.627. The summed E-state index contributed by atoms with van der Waals surface area (Å²) < 4.78 is 6.07. The Labute approximate surface area is 136 Å². The van der Waals surface area contributed by atoms with Crippen molar-refractivity contribution in [2.75, 3.05) is 19.3 Å². The third-order valence-electron chi connectivity index (χ3n) is 3.01. The number of thiocarbonyl (C=S) groups is 1. The summed E-state index contributed by atoms with van der Waals surface area (Å²) in [6.07, 6.45) is 1.91. The zero-order valence-electron chi connectivity index (χ0n) is 13.1. The Kier molecular flexibility index (Phi) is 6.93. The van der Waals surface area contributed by atoms with Crippen molar-refractivity contribution >= 4 is 40.2 Å². The number of ether oxygens (including phenoxy) is 1. The van der Waals surface area contributed by atoms with Gasteiger partial charge in [0.1, 0.15) is 16.0 Å². The number of carbonyl (C=O) groups excluding carboxylic acids is 2. The van der Waals surface area contributed by atoms with Crippen LogP contribution in [0.3, 0.4) is 0 Å². The highest BCUT2D eigenvalue weighted by molar-refractivity contribution is 8.22. The SMILES string of the molecule is CNC(=S)SCCC(=O)N1CCC[C@H]1C(=O)OC(C)(C)C. The van der Waals surface area contributed by atoms with Crippen molar-refractivity contribution in [3.8, 4) is 0 Å². The number of nitrogens with zero attached hydrogens (tertiary/aromatic N) is 1. The van der Waals surface area contributed by atoms with Crippen LogP contribution in [0.5, 0.6) is 0 Å². The normalized spacial score (nSPS) is 18.5. The average Bonchev–Trinajstić information content (AvgIpc) is 2.85. The van der Waals surface area contributed by atoms with Crippen LogP contribution in [-0.4, -0.2) is 52.1 Å². The minimum atomic E-state index is -0.525. The van der Waals surface area contributed by atoms with Crippen molar-refractivity contribution in [3.63, 3.8) is 0 Å². The molecule has 0 spiro atoms. The zero-order chi connectivity index (χ0) is 16.0. The highest BCUT2D eigenvalue weighted by Crippen LogP contribution is 2.22. The molecule has 1 heterocycles. The number of thioether (sulfide) groups is 1. The van der Waals surface area contributed by atoms with Crippen LogP contribution < -0.4 is 5.32 Å². The van der Waals surface area contributed by atoms with Crippen molar-refractivity contribution in [1.29, 1.82) is 0 Å². The minimum Gasteiger partial charge on any atom is -0.458 e. The molecule has 0 saturated carbocycles. The van der Waals surface area contributed by atoms with Crippen molar-refractivity contribution in [1.82, 2.24) is 10.2 Å². The van der Waals surface area contributed by atoms with E-state index in [9.17, 15) is 9.59 Å². The highest BCUT2D eigenvalue weighted by atomic mass is 32.2. The summed E-state index contributed by atoms with van der Waals surface area (Å²) in [6, 6.07) is -0.432. The Bertz CT molecular complexity index is 408. The predicted molar refractivity (Wildman–Crippen MR) is 89.3 cm³/mol. The lowest BCUT2D eigenvalue weighted by Crippen LogP contribution is -2.43. The van der Waals surface area contributed by atoms with Crippen LogP contribution >= 0.6 is 24.0 Å². The molecule has 0 radical (unpaired) electrons. The molecule has 1 atom stereocenters. The largest absolute Gasteiger partial charge is 0.458 e. The summed E-state index contributed by atoms with van der Waals surface area (Å²) in [5.74, 6) is 0.317. The molecule has 120 valence electrons. The first-order chi connectivity index (χ1) is 9.74. The molecule has 0 unspecified atom stereocenters. The summed E-state index contributed by atoms with van der Waals surface area (Å²) in [6.45, 7) is 6.13. The summed E-state index contributed by atoms with van der Waals surface area (Å²) in [4.78, 5) is 26.0. The lowest BCUT2D eigenvalue weighted by Gasteiger charge is -2.27. The maximum atomic E-state index is 12.2. The monoisotopic (exact) mass is 332 g/mol. The van der Waals surface area contributed by atoms with Gasteiger partial charge in [-0.05, 0) is 33.6 Å². The lowest BCUT2D eigenvalue weighted by atomic mass is 10.1. The van der Waals surface area contributed by atoms with E-state index in [1.807, 2.05) is 20.8 Å².